The molecule has 0 spiro atoms. The van der Waals surface area contributed by atoms with Gasteiger partial charge in [0, 0.05) is 10.6 Å². The summed E-state index contributed by atoms with van der Waals surface area (Å²) in [5, 5.41) is 0.253. The summed E-state index contributed by atoms with van der Waals surface area (Å²) in [6.07, 6.45) is -1.32. The third-order valence-corrected chi connectivity index (χ3v) is 2.48. The van der Waals surface area contributed by atoms with Crippen molar-refractivity contribution in [3.63, 3.8) is 0 Å². The Labute approximate surface area is 99.8 Å². The number of esters is 1. The first-order valence-electron chi connectivity index (χ1n) is 4.16. The molecule has 1 N–H and O–H groups in total. The Morgan fingerprint density at radius 2 is 2.12 bits per heavy atom. The lowest BCUT2D eigenvalue weighted by molar-refractivity contribution is -0.149. The topological polar surface area (TPSA) is 72.8 Å². The molecule has 0 radical (unpaired) electrons. The smallest absolute Gasteiger partial charge is 0.341 e. The summed E-state index contributed by atoms with van der Waals surface area (Å²) in [4.78, 5) is 11.3. The fourth-order valence-corrected chi connectivity index (χ4v) is 1.68. The zero-order chi connectivity index (χ0) is 12.1. The molecule has 0 saturated heterocycles. The number of rotatable bonds is 4. The normalized spacial score (nSPS) is 14.2. The molecule has 7 heteroatoms. The Morgan fingerprint density at radius 1 is 1.50 bits per heavy atom. The van der Waals surface area contributed by atoms with E-state index < -0.39 is 23.4 Å². The Kier molecular flexibility index (Phi) is 4.88. The molecule has 0 aromatic heterocycles. The number of ether oxygens (including phenoxy) is 1. The number of hydrogen-bond acceptors (Lipinski definition) is 4. The Balaban J connectivity index is 3.06. The highest BCUT2D eigenvalue weighted by atomic mass is 35.5. The van der Waals surface area contributed by atoms with Crippen LogP contribution in [0.5, 0.6) is 0 Å². The zero-order valence-electron chi connectivity index (χ0n) is 8.25. The fraction of sp³-hybridized carbons (Fsp3) is 0.222. The van der Waals surface area contributed by atoms with Gasteiger partial charge in [-0.05, 0) is 6.07 Å². The molecule has 1 rings (SSSR count). The number of benzene rings is 1. The van der Waals surface area contributed by atoms with Gasteiger partial charge in [-0.15, -0.1) is 0 Å². The average molecular weight is 265 g/mol. The minimum atomic E-state index is -2.59. The van der Waals surface area contributed by atoms with Gasteiger partial charge in [0.1, 0.15) is 0 Å². The van der Waals surface area contributed by atoms with Crippen LogP contribution in [0.2, 0.25) is 5.02 Å². The quantitative estimate of drug-likeness (QED) is 0.662. The molecular weight excluding hydrogens is 256 g/mol. The van der Waals surface area contributed by atoms with Crippen LogP contribution in [0.25, 0.3) is 0 Å². The first kappa shape index (κ1) is 13.1. The predicted molar refractivity (Wildman–Crippen MR) is 58.1 cm³/mol. The van der Waals surface area contributed by atoms with Crippen LogP contribution in [0.1, 0.15) is 11.7 Å². The molecule has 88 valence electrons. The zero-order valence-corrected chi connectivity index (χ0v) is 9.83. The van der Waals surface area contributed by atoms with Crippen molar-refractivity contribution in [3.05, 3.63) is 34.9 Å². The summed E-state index contributed by atoms with van der Waals surface area (Å²) in [6, 6.07) is 6.34. The average Bonchev–Trinajstić information content (AvgIpc) is 2.26. The van der Waals surface area contributed by atoms with Gasteiger partial charge in [-0.3, -0.25) is 4.55 Å². The van der Waals surface area contributed by atoms with Crippen LogP contribution in [-0.4, -0.2) is 21.8 Å². The van der Waals surface area contributed by atoms with Crippen molar-refractivity contribution in [2.45, 2.75) is 6.10 Å². The van der Waals surface area contributed by atoms with E-state index in [4.69, 9.17) is 16.2 Å². The first-order valence-corrected chi connectivity index (χ1v) is 5.57. The minimum absolute atomic E-state index is 0.253. The predicted octanol–water partition coefficient (Wildman–Crippen LogP) is 1.71. The van der Waals surface area contributed by atoms with E-state index in [1.165, 1.54) is 12.1 Å². The lowest BCUT2D eigenvalue weighted by Gasteiger charge is -2.13. The van der Waals surface area contributed by atoms with Crippen molar-refractivity contribution >= 4 is 28.9 Å². The number of methoxy groups -OCH3 is 1. The summed E-state index contributed by atoms with van der Waals surface area (Å²) in [5.41, 5.74) is 0.276. The molecule has 2 atom stereocenters. The Morgan fingerprint density at radius 3 is 2.62 bits per heavy atom. The molecule has 0 aliphatic rings. The highest BCUT2D eigenvalue weighted by molar-refractivity contribution is 7.74. The van der Waals surface area contributed by atoms with Crippen molar-refractivity contribution in [1.82, 2.24) is 0 Å². The fourth-order valence-electron chi connectivity index (χ4n) is 1.10. The standard InChI is InChI=1S/C9H9ClO5S/c1-14-9(11)8(15-16(12)13)6-4-2-3-5-7(6)10/h2-5,8H,1H3,(H,12,13)/t8-/m1/s1. The van der Waals surface area contributed by atoms with Gasteiger partial charge in [-0.25, -0.2) is 8.98 Å². The van der Waals surface area contributed by atoms with Crippen molar-refractivity contribution in [2.75, 3.05) is 7.11 Å². The first-order chi connectivity index (χ1) is 7.56. The highest BCUT2D eigenvalue weighted by Gasteiger charge is 2.26. The van der Waals surface area contributed by atoms with E-state index in [2.05, 4.69) is 8.92 Å². The maximum absolute atomic E-state index is 11.3. The molecule has 0 heterocycles. The Hall–Kier alpha value is -0.950. The second kappa shape index (κ2) is 5.95. The second-order valence-electron chi connectivity index (χ2n) is 2.74. The van der Waals surface area contributed by atoms with Gasteiger partial charge in [-0.1, -0.05) is 29.8 Å². The molecule has 0 bridgehead atoms. The van der Waals surface area contributed by atoms with Crippen LogP contribution in [0.4, 0.5) is 0 Å². The van der Waals surface area contributed by atoms with Crippen molar-refractivity contribution < 1.29 is 22.5 Å². The molecule has 0 aliphatic carbocycles. The molecular formula is C9H9ClO5S. The lowest BCUT2D eigenvalue weighted by Crippen LogP contribution is -2.18. The maximum atomic E-state index is 11.3. The monoisotopic (exact) mass is 264 g/mol. The van der Waals surface area contributed by atoms with E-state index in [0.717, 1.165) is 7.11 Å². The van der Waals surface area contributed by atoms with Crippen LogP contribution in [0.15, 0.2) is 24.3 Å². The largest absolute Gasteiger partial charge is 0.467 e. The number of carbonyl (C=O) groups excluding carboxylic acids is 1. The lowest BCUT2D eigenvalue weighted by atomic mass is 10.1. The number of halogens is 1. The number of carbonyl (C=O) groups is 1. The maximum Gasteiger partial charge on any atom is 0.341 e. The van der Waals surface area contributed by atoms with Gasteiger partial charge >= 0.3 is 17.3 Å². The second-order valence-corrected chi connectivity index (χ2v) is 3.77. The van der Waals surface area contributed by atoms with E-state index in [-0.39, 0.29) is 10.6 Å². The Bertz CT molecular complexity index is 409. The van der Waals surface area contributed by atoms with E-state index >= 15 is 0 Å². The molecule has 1 aromatic carbocycles. The third kappa shape index (κ3) is 3.28. The summed E-state index contributed by atoms with van der Waals surface area (Å²) in [6.45, 7) is 0. The van der Waals surface area contributed by atoms with Gasteiger partial charge in [0.05, 0.1) is 7.11 Å². The number of hydrogen-bond donors (Lipinski definition) is 1. The molecule has 0 saturated carbocycles. The van der Waals surface area contributed by atoms with Gasteiger partial charge in [0.15, 0.2) is 0 Å². The molecule has 1 aromatic rings. The molecule has 0 fully saturated rings. The van der Waals surface area contributed by atoms with Crippen LogP contribution in [0.3, 0.4) is 0 Å². The van der Waals surface area contributed by atoms with Crippen LogP contribution >= 0.6 is 11.6 Å². The van der Waals surface area contributed by atoms with E-state index in [9.17, 15) is 9.00 Å². The van der Waals surface area contributed by atoms with Crippen molar-refractivity contribution in [1.29, 1.82) is 0 Å². The van der Waals surface area contributed by atoms with Crippen molar-refractivity contribution in [2.24, 2.45) is 0 Å². The van der Waals surface area contributed by atoms with Gasteiger partial charge in [0.2, 0.25) is 6.10 Å². The van der Waals surface area contributed by atoms with Crippen molar-refractivity contribution in [3.8, 4) is 0 Å². The van der Waals surface area contributed by atoms with E-state index in [1.54, 1.807) is 12.1 Å². The molecule has 0 aliphatic heterocycles. The van der Waals surface area contributed by atoms with E-state index in [1.807, 2.05) is 0 Å². The van der Waals surface area contributed by atoms with Gasteiger partial charge < -0.3 is 4.74 Å². The summed E-state index contributed by atoms with van der Waals surface area (Å²) in [7, 11) is 1.15. The van der Waals surface area contributed by atoms with Gasteiger partial charge in [-0.2, -0.15) is 4.21 Å². The highest BCUT2D eigenvalue weighted by Crippen LogP contribution is 2.26. The van der Waals surface area contributed by atoms with Crippen LogP contribution in [0, 0.1) is 0 Å². The van der Waals surface area contributed by atoms with E-state index in [0.29, 0.717) is 0 Å². The molecule has 16 heavy (non-hydrogen) atoms. The SMILES string of the molecule is COC(=O)[C@H](OS(=O)O)c1ccccc1Cl. The minimum Gasteiger partial charge on any atom is -0.467 e. The molecule has 5 nitrogen and oxygen atoms in total. The molecule has 0 amide bonds. The summed E-state index contributed by atoms with van der Waals surface area (Å²) >= 11 is 3.25. The van der Waals surface area contributed by atoms with Gasteiger partial charge in [0.25, 0.3) is 0 Å². The third-order valence-electron chi connectivity index (χ3n) is 1.78. The summed E-state index contributed by atoms with van der Waals surface area (Å²) in [5.74, 6) is -0.796. The van der Waals surface area contributed by atoms with Crippen LogP contribution in [-0.2, 0) is 25.1 Å². The molecule has 1 unspecified atom stereocenters. The summed E-state index contributed by atoms with van der Waals surface area (Å²) < 4.78 is 28.2. The van der Waals surface area contributed by atoms with Crippen LogP contribution < -0.4 is 0 Å².